The van der Waals surface area contributed by atoms with Crippen molar-refractivity contribution in [2.24, 2.45) is 5.92 Å². The second-order valence-corrected chi connectivity index (χ2v) is 7.35. The van der Waals surface area contributed by atoms with Crippen molar-refractivity contribution in [3.05, 3.63) is 36.4 Å². The largest absolute Gasteiger partial charge is 0.493 e. The van der Waals surface area contributed by atoms with E-state index >= 15 is 0 Å². The average Bonchev–Trinajstić information content (AvgIpc) is 2.65. The van der Waals surface area contributed by atoms with Gasteiger partial charge in [0.25, 0.3) is 5.91 Å². The summed E-state index contributed by atoms with van der Waals surface area (Å²) in [6.07, 6.45) is 2.66. The minimum absolute atomic E-state index is 0.116. The number of carbonyl (C=O) groups is 1. The van der Waals surface area contributed by atoms with Crippen LogP contribution in [0.25, 0.3) is 10.8 Å². The number of rotatable bonds is 9. The van der Waals surface area contributed by atoms with E-state index in [-0.39, 0.29) is 5.91 Å². The summed E-state index contributed by atoms with van der Waals surface area (Å²) in [5.74, 6) is 1.18. The number of fused-ring (bicyclic) bond motifs is 1. The molecular weight excluding hydrogens is 326 g/mol. The molecule has 0 aliphatic rings. The van der Waals surface area contributed by atoms with Gasteiger partial charge in [-0.2, -0.15) is 0 Å². The lowest BCUT2D eigenvalue weighted by molar-refractivity contribution is -0.136. The smallest absolute Gasteiger partial charge is 0.256 e. The number of benzene rings is 2. The average molecular weight is 357 g/mol. The number of methoxy groups -OCH3 is 1. The van der Waals surface area contributed by atoms with Crippen molar-refractivity contribution in [1.82, 2.24) is 0 Å². The number of nitrogens with one attached hydrogen (secondary N) is 1. The molecule has 0 heterocycles. The van der Waals surface area contributed by atoms with Crippen molar-refractivity contribution < 1.29 is 14.3 Å². The maximum absolute atomic E-state index is 12.8. The first kappa shape index (κ1) is 20.2. The van der Waals surface area contributed by atoms with E-state index in [2.05, 4.69) is 26.1 Å². The molecule has 0 saturated carbocycles. The molecule has 0 bridgehead atoms. The molecule has 4 heteroatoms. The van der Waals surface area contributed by atoms with Gasteiger partial charge in [0.05, 0.1) is 6.61 Å². The van der Waals surface area contributed by atoms with Gasteiger partial charge in [-0.15, -0.1) is 0 Å². The molecule has 0 aliphatic heterocycles. The Bertz CT molecular complexity index is 741. The highest BCUT2D eigenvalue weighted by atomic mass is 16.5. The fourth-order valence-electron chi connectivity index (χ4n) is 2.84. The summed E-state index contributed by atoms with van der Waals surface area (Å²) in [6.45, 7) is 8.86. The van der Waals surface area contributed by atoms with Gasteiger partial charge < -0.3 is 14.8 Å². The van der Waals surface area contributed by atoms with Gasteiger partial charge in [0.1, 0.15) is 11.4 Å². The SMILES string of the molecule is CCCC[C@](C)(OC)C(=O)Nc1ccc(OCC(C)C)c2ccccc12. The van der Waals surface area contributed by atoms with E-state index in [9.17, 15) is 4.79 Å². The summed E-state index contributed by atoms with van der Waals surface area (Å²) in [5, 5.41) is 5.03. The number of anilines is 1. The lowest BCUT2D eigenvalue weighted by Gasteiger charge is -2.27. The number of hydrogen-bond acceptors (Lipinski definition) is 3. The van der Waals surface area contributed by atoms with Crippen LogP contribution < -0.4 is 10.1 Å². The predicted octanol–water partition coefficient (Wildman–Crippen LogP) is 5.41. The Morgan fingerprint density at radius 3 is 2.46 bits per heavy atom. The zero-order valence-corrected chi connectivity index (χ0v) is 16.6. The van der Waals surface area contributed by atoms with Gasteiger partial charge in [-0.1, -0.05) is 57.9 Å². The Morgan fingerprint density at radius 2 is 1.85 bits per heavy atom. The van der Waals surface area contributed by atoms with E-state index in [0.717, 1.165) is 35.1 Å². The second kappa shape index (κ2) is 9.04. The Balaban J connectivity index is 2.30. The first-order valence-electron chi connectivity index (χ1n) is 9.42. The molecule has 0 fully saturated rings. The van der Waals surface area contributed by atoms with Gasteiger partial charge in [-0.05, 0) is 31.4 Å². The maximum atomic E-state index is 12.8. The van der Waals surface area contributed by atoms with Gasteiger partial charge in [-0.25, -0.2) is 0 Å². The standard InChI is InChI=1S/C22H31NO3/c1-6-7-14-22(4,25-5)21(24)23-19-12-13-20(26-15-16(2)3)18-11-9-8-10-17(18)19/h8-13,16H,6-7,14-15H2,1-5H3,(H,23,24)/t22-/m0/s1. The van der Waals surface area contributed by atoms with Crippen molar-refractivity contribution in [2.75, 3.05) is 19.0 Å². The summed E-state index contributed by atoms with van der Waals surface area (Å²) < 4.78 is 11.5. The van der Waals surface area contributed by atoms with Gasteiger partial charge in [0, 0.05) is 23.6 Å². The Kier molecular flexibility index (Phi) is 7.04. The fourth-order valence-corrected chi connectivity index (χ4v) is 2.84. The normalized spacial score (nSPS) is 13.6. The molecule has 0 spiro atoms. The number of ether oxygens (including phenoxy) is 2. The summed E-state index contributed by atoms with van der Waals surface area (Å²) in [6, 6.07) is 11.8. The second-order valence-electron chi connectivity index (χ2n) is 7.35. The van der Waals surface area contributed by atoms with E-state index in [1.165, 1.54) is 0 Å². The van der Waals surface area contributed by atoms with Crippen molar-refractivity contribution in [3.63, 3.8) is 0 Å². The summed E-state index contributed by atoms with van der Waals surface area (Å²) >= 11 is 0. The quantitative estimate of drug-likeness (QED) is 0.653. The molecule has 142 valence electrons. The van der Waals surface area contributed by atoms with Crippen LogP contribution in [0.5, 0.6) is 5.75 Å². The third kappa shape index (κ3) is 4.76. The summed E-state index contributed by atoms with van der Waals surface area (Å²) in [4.78, 5) is 12.8. The molecule has 0 unspecified atom stereocenters. The van der Waals surface area contributed by atoms with E-state index < -0.39 is 5.60 Å². The van der Waals surface area contributed by atoms with Crippen LogP contribution in [0.2, 0.25) is 0 Å². The highest BCUT2D eigenvalue weighted by Crippen LogP contribution is 2.33. The van der Waals surface area contributed by atoms with Crippen molar-refractivity contribution in [1.29, 1.82) is 0 Å². The molecule has 0 saturated heterocycles. The molecule has 0 radical (unpaired) electrons. The van der Waals surface area contributed by atoms with Gasteiger partial charge in [-0.3, -0.25) is 4.79 Å². The third-order valence-corrected chi connectivity index (χ3v) is 4.64. The first-order valence-corrected chi connectivity index (χ1v) is 9.42. The molecular formula is C22H31NO3. The minimum Gasteiger partial charge on any atom is -0.493 e. The van der Waals surface area contributed by atoms with E-state index in [1.807, 2.05) is 43.3 Å². The molecule has 2 rings (SSSR count). The molecule has 2 aromatic carbocycles. The molecule has 2 aromatic rings. The Labute approximate surface area is 156 Å². The zero-order chi connectivity index (χ0) is 19.2. The Morgan fingerprint density at radius 1 is 1.15 bits per heavy atom. The first-order chi connectivity index (χ1) is 12.4. The van der Waals surface area contributed by atoms with Crippen LogP contribution in [-0.2, 0) is 9.53 Å². The number of hydrogen-bond donors (Lipinski definition) is 1. The monoisotopic (exact) mass is 357 g/mol. The van der Waals surface area contributed by atoms with Crippen LogP contribution in [0.1, 0.15) is 47.0 Å². The highest BCUT2D eigenvalue weighted by molar-refractivity contribution is 6.06. The van der Waals surface area contributed by atoms with E-state index in [1.54, 1.807) is 7.11 Å². The summed E-state index contributed by atoms with van der Waals surface area (Å²) in [7, 11) is 1.59. The van der Waals surface area contributed by atoms with Crippen molar-refractivity contribution in [2.45, 2.75) is 52.6 Å². The zero-order valence-electron chi connectivity index (χ0n) is 16.6. The van der Waals surface area contributed by atoms with Crippen LogP contribution in [0.3, 0.4) is 0 Å². The van der Waals surface area contributed by atoms with Crippen molar-refractivity contribution >= 4 is 22.4 Å². The van der Waals surface area contributed by atoms with E-state index in [4.69, 9.17) is 9.47 Å². The van der Waals surface area contributed by atoms with Gasteiger partial charge in [0.15, 0.2) is 0 Å². The van der Waals surface area contributed by atoms with Crippen LogP contribution in [0.15, 0.2) is 36.4 Å². The molecule has 1 atom stereocenters. The van der Waals surface area contributed by atoms with Gasteiger partial charge in [0.2, 0.25) is 0 Å². The molecule has 0 aromatic heterocycles. The minimum atomic E-state index is -0.829. The maximum Gasteiger partial charge on any atom is 0.256 e. The predicted molar refractivity (Wildman–Crippen MR) is 108 cm³/mol. The Hall–Kier alpha value is -2.07. The topological polar surface area (TPSA) is 47.6 Å². The lowest BCUT2D eigenvalue weighted by Crippen LogP contribution is -2.42. The molecule has 26 heavy (non-hydrogen) atoms. The van der Waals surface area contributed by atoms with Gasteiger partial charge >= 0.3 is 0 Å². The number of unbranched alkanes of at least 4 members (excludes halogenated alkanes) is 1. The van der Waals surface area contributed by atoms with Crippen LogP contribution in [-0.4, -0.2) is 25.2 Å². The van der Waals surface area contributed by atoms with Crippen LogP contribution >= 0.6 is 0 Å². The van der Waals surface area contributed by atoms with Crippen molar-refractivity contribution in [3.8, 4) is 5.75 Å². The fraction of sp³-hybridized carbons (Fsp3) is 0.500. The lowest BCUT2D eigenvalue weighted by atomic mass is 9.97. The molecule has 1 N–H and O–H groups in total. The number of carbonyl (C=O) groups excluding carboxylic acids is 1. The van der Waals surface area contributed by atoms with Crippen LogP contribution in [0, 0.1) is 5.92 Å². The highest BCUT2D eigenvalue weighted by Gasteiger charge is 2.32. The molecule has 1 amide bonds. The molecule has 0 aliphatic carbocycles. The number of amides is 1. The third-order valence-electron chi connectivity index (χ3n) is 4.64. The van der Waals surface area contributed by atoms with Crippen LogP contribution in [0.4, 0.5) is 5.69 Å². The van der Waals surface area contributed by atoms with E-state index in [0.29, 0.717) is 18.9 Å². The summed E-state index contributed by atoms with van der Waals surface area (Å²) in [5.41, 5.74) is -0.0496. The molecule has 4 nitrogen and oxygen atoms in total.